The van der Waals surface area contributed by atoms with E-state index in [4.69, 9.17) is 9.47 Å². The van der Waals surface area contributed by atoms with Gasteiger partial charge in [0.15, 0.2) is 0 Å². The lowest BCUT2D eigenvalue weighted by Gasteiger charge is -2.09. The molecule has 33 heavy (non-hydrogen) atoms. The fourth-order valence-electron chi connectivity index (χ4n) is 3.11. The van der Waals surface area contributed by atoms with E-state index < -0.39 is 9.84 Å². The summed E-state index contributed by atoms with van der Waals surface area (Å²) in [4.78, 5) is 12.7. The summed E-state index contributed by atoms with van der Waals surface area (Å²) in [7, 11) is -2.17. The number of hydrogen-bond acceptors (Lipinski definition) is 5. The molecular weight excluding hydrogens is 438 g/mol. The van der Waals surface area contributed by atoms with Gasteiger partial charge in [0, 0.05) is 11.3 Å². The average Bonchev–Trinajstić information content (AvgIpc) is 2.85. The van der Waals surface area contributed by atoms with Gasteiger partial charge in [0.25, 0.3) is 5.91 Å². The predicted octanol–water partition coefficient (Wildman–Crippen LogP) is 5.57. The number of carbonyl (C=O) groups is 1. The molecule has 4 aromatic rings. The lowest BCUT2D eigenvalue weighted by Crippen LogP contribution is -2.12. The zero-order chi connectivity index (χ0) is 23.3. The van der Waals surface area contributed by atoms with Gasteiger partial charge in [-0.25, -0.2) is 8.42 Å². The molecule has 0 aliphatic heterocycles. The molecule has 0 bridgehead atoms. The van der Waals surface area contributed by atoms with Crippen LogP contribution >= 0.6 is 0 Å². The first-order valence-electron chi connectivity index (χ1n) is 10.1. The summed E-state index contributed by atoms with van der Waals surface area (Å²) in [5.41, 5.74) is 0.951. The largest absolute Gasteiger partial charge is 0.497 e. The summed E-state index contributed by atoms with van der Waals surface area (Å²) in [6.45, 7) is 0. The number of ether oxygens (including phenoxy) is 2. The van der Waals surface area contributed by atoms with Crippen LogP contribution in [0, 0.1) is 0 Å². The summed E-state index contributed by atoms with van der Waals surface area (Å²) in [6.07, 6.45) is 0. The van der Waals surface area contributed by atoms with Crippen LogP contribution in [-0.4, -0.2) is 21.4 Å². The van der Waals surface area contributed by atoms with Gasteiger partial charge in [0.1, 0.15) is 17.2 Å². The van der Waals surface area contributed by atoms with E-state index in [0.717, 1.165) is 0 Å². The summed E-state index contributed by atoms with van der Waals surface area (Å²) in [5, 5.41) is 2.77. The summed E-state index contributed by atoms with van der Waals surface area (Å²) >= 11 is 0. The number of amides is 1. The van der Waals surface area contributed by atoms with Crippen LogP contribution < -0.4 is 14.8 Å². The fourth-order valence-corrected chi connectivity index (χ4v) is 4.37. The van der Waals surface area contributed by atoms with E-state index in [1.807, 2.05) is 30.3 Å². The van der Waals surface area contributed by atoms with Crippen molar-refractivity contribution in [3.05, 3.63) is 109 Å². The van der Waals surface area contributed by atoms with Crippen molar-refractivity contribution in [3.63, 3.8) is 0 Å². The van der Waals surface area contributed by atoms with Crippen molar-refractivity contribution >= 4 is 21.4 Å². The van der Waals surface area contributed by atoms with E-state index in [2.05, 4.69) is 5.32 Å². The van der Waals surface area contributed by atoms with Crippen LogP contribution in [0.1, 0.15) is 10.4 Å². The van der Waals surface area contributed by atoms with Crippen molar-refractivity contribution in [2.24, 2.45) is 0 Å². The molecule has 4 aromatic carbocycles. The van der Waals surface area contributed by atoms with E-state index in [1.54, 1.807) is 43.5 Å². The number of anilines is 1. The Morgan fingerprint density at radius 1 is 0.667 bits per heavy atom. The number of nitrogens with one attached hydrogen (secondary N) is 1. The van der Waals surface area contributed by atoms with E-state index >= 15 is 0 Å². The van der Waals surface area contributed by atoms with Gasteiger partial charge in [-0.05, 0) is 84.9 Å². The molecule has 0 atom stereocenters. The molecule has 4 rings (SSSR count). The number of rotatable bonds is 7. The zero-order valence-electron chi connectivity index (χ0n) is 17.8. The Morgan fingerprint density at radius 2 is 1.18 bits per heavy atom. The maximum Gasteiger partial charge on any atom is 0.255 e. The van der Waals surface area contributed by atoms with E-state index in [1.165, 1.54) is 36.4 Å². The topological polar surface area (TPSA) is 81.7 Å². The SMILES string of the molecule is COc1ccc(NC(=O)c2ccc(S(=O)(=O)c3ccc(Oc4ccccc4)cc3)cc2)cc1. The minimum absolute atomic E-state index is 0.0974. The molecule has 1 N–H and O–H groups in total. The number of hydrogen-bond donors (Lipinski definition) is 1. The number of sulfone groups is 1. The molecular formula is C26H21NO5S. The zero-order valence-corrected chi connectivity index (χ0v) is 18.6. The second-order valence-electron chi connectivity index (χ2n) is 7.10. The molecule has 0 aliphatic rings. The first kappa shape index (κ1) is 22.1. The van der Waals surface area contributed by atoms with Crippen LogP contribution in [0.2, 0.25) is 0 Å². The predicted molar refractivity (Wildman–Crippen MR) is 126 cm³/mol. The Hall–Kier alpha value is -4.10. The lowest BCUT2D eigenvalue weighted by atomic mass is 10.2. The maximum absolute atomic E-state index is 13.0. The summed E-state index contributed by atoms with van der Waals surface area (Å²) in [5.74, 6) is 1.54. The second kappa shape index (κ2) is 9.58. The Balaban J connectivity index is 1.46. The number of methoxy groups -OCH3 is 1. The van der Waals surface area contributed by atoms with Crippen molar-refractivity contribution in [2.75, 3.05) is 12.4 Å². The molecule has 0 aromatic heterocycles. The Kier molecular flexibility index (Phi) is 6.42. The fraction of sp³-hybridized carbons (Fsp3) is 0.0385. The van der Waals surface area contributed by atoms with Crippen molar-refractivity contribution in [3.8, 4) is 17.2 Å². The molecule has 0 unspecified atom stereocenters. The van der Waals surface area contributed by atoms with E-state index in [-0.39, 0.29) is 15.7 Å². The van der Waals surface area contributed by atoms with Gasteiger partial charge in [-0.2, -0.15) is 0 Å². The monoisotopic (exact) mass is 459 g/mol. The number of benzene rings is 4. The molecule has 6 nitrogen and oxygen atoms in total. The van der Waals surface area contributed by atoms with Crippen LogP contribution in [0.5, 0.6) is 17.2 Å². The number of para-hydroxylation sites is 1. The van der Waals surface area contributed by atoms with Gasteiger partial charge >= 0.3 is 0 Å². The first-order chi connectivity index (χ1) is 16.0. The molecule has 7 heteroatoms. The van der Waals surface area contributed by atoms with Gasteiger partial charge in [-0.1, -0.05) is 18.2 Å². The van der Waals surface area contributed by atoms with Crippen LogP contribution in [0.4, 0.5) is 5.69 Å². The standard InChI is InChI=1S/C26H21NO5S/c1-31-21-11-9-20(10-12-21)27-26(28)19-7-15-24(16-8-19)33(29,30)25-17-13-23(14-18-25)32-22-5-3-2-4-6-22/h2-18H,1H3,(H,27,28). The van der Waals surface area contributed by atoms with Crippen molar-refractivity contribution in [1.82, 2.24) is 0 Å². The van der Waals surface area contributed by atoms with E-state index in [0.29, 0.717) is 28.5 Å². The highest BCUT2D eigenvalue weighted by Crippen LogP contribution is 2.26. The minimum Gasteiger partial charge on any atom is -0.497 e. The van der Waals surface area contributed by atoms with Gasteiger partial charge in [0.05, 0.1) is 16.9 Å². The first-order valence-corrected chi connectivity index (χ1v) is 11.6. The average molecular weight is 460 g/mol. The van der Waals surface area contributed by atoms with Crippen LogP contribution in [0.15, 0.2) is 113 Å². The lowest BCUT2D eigenvalue weighted by molar-refractivity contribution is 0.102. The molecule has 0 radical (unpaired) electrons. The maximum atomic E-state index is 13.0. The van der Waals surface area contributed by atoms with Crippen LogP contribution in [0.25, 0.3) is 0 Å². The molecule has 1 amide bonds. The third kappa shape index (κ3) is 5.22. The highest BCUT2D eigenvalue weighted by atomic mass is 32.2. The van der Waals surface area contributed by atoms with Crippen molar-refractivity contribution in [1.29, 1.82) is 0 Å². The van der Waals surface area contributed by atoms with E-state index in [9.17, 15) is 13.2 Å². The number of carbonyl (C=O) groups excluding carboxylic acids is 1. The van der Waals surface area contributed by atoms with Gasteiger partial charge < -0.3 is 14.8 Å². The quantitative estimate of drug-likeness (QED) is 0.391. The molecule has 0 aliphatic carbocycles. The third-order valence-electron chi connectivity index (χ3n) is 4.89. The molecule has 166 valence electrons. The molecule has 0 heterocycles. The van der Waals surface area contributed by atoms with Crippen LogP contribution in [0.3, 0.4) is 0 Å². The minimum atomic E-state index is -3.74. The molecule has 0 spiro atoms. The Labute approximate surface area is 192 Å². The molecule has 0 fully saturated rings. The Bertz CT molecular complexity index is 1330. The highest BCUT2D eigenvalue weighted by molar-refractivity contribution is 7.91. The van der Waals surface area contributed by atoms with Gasteiger partial charge in [0.2, 0.25) is 9.84 Å². The van der Waals surface area contributed by atoms with Crippen LogP contribution in [-0.2, 0) is 9.84 Å². The third-order valence-corrected chi connectivity index (χ3v) is 6.67. The summed E-state index contributed by atoms with van der Waals surface area (Å²) < 4.78 is 36.8. The molecule has 0 saturated heterocycles. The molecule has 0 saturated carbocycles. The van der Waals surface area contributed by atoms with Crippen molar-refractivity contribution < 1.29 is 22.7 Å². The Morgan fingerprint density at radius 3 is 1.76 bits per heavy atom. The highest BCUT2D eigenvalue weighted by Gasteiger charge is 2.18. The summed E-state index contributed by atoms with van der Waals surface area (Å²) in [6, 6.07) is 28.2. The van der Waals surface area contributed by atoms with Gasteiger partial charge in [-0.3, -0.25) is 4.79 Å². The second-order valence-corrected chi connectivity index (χ2v) is 9.05. The van der Waals surface area contributed by atoms with Crippen molar-refractivity contribution in [2.45, 2.75) is 9.79 Å². The normalized spacial score (nSPS) is 10.9. The smallest absolute Gasteiger partial charge is 0.255 e. The van der Waals surface area contributed by atoms with Gasteiger partial charge in [-0.15, -0.1) is 0 Å².